The van der Waals surface area contributed by atoms with Crippen LogP contribution >= 0.6 is 0 Å². The molecule has 2 N–H and O–H groups in total. The molecule has 0 bridgehead atoms. The van der Waals surface area contributed by atoms with Crippen molar-refractivity contribution >= 4 is 33.2 Å². The molecule has 250 valence electrons. The van der Waals surface area contributed by atoms with E-state index < -0.39 is 22.1 Å². The minimum atomic E-state index is -3.48. The second-order valence-electron chi connectivity index (χ2n) is 13.7. The van der Waals surface area contributed by atoms with Gasteiger partial charge in [-0.2, -0.15) is 0 Å². The number of nitrogens with zero attached hydrogens (tertiary/aromatic N) is 3. The van der Waals surface area contributed by atoms with Crippen LogP contribution in [0.25, 0.3) is 0 Å². The molecule has 2 heterocycles. The Morgan fingerprint density at radius 2 is 1.57 bits per heavy atom. The van der Waals surface area contributed by atoms with Crippen LogP contribution in [0.5, 0.6) is 0 Å². The van der Waals surface area contributed by atoms with Crippen LogP contribution in [0.4, 0.5) is 11.4 Å². The van der Waals surface area contributed by atoms with Gasteiger partial charge in [0.2, 0.25) is 21.8 Å². The second kappa shape index (κ2) is 14.1. The lowest BCUT2D eigenvalue weighted by Crippen LogP contribution is -2.58. The number of sulfonamides is 1. The molecule has 0 spiro atoms. The third-order valence-corrected chi connectivity index (χ3v) is 10.6. The smallest absolute Gasteiger partial charge is 0.245 e. The number of para-hydroxylation sites is 2. The maximum Gasteiger partial charge on any atom is 0.245 e. The van der Waals surface area contributed by atoms with Crippen LogP contribution in [-0.2, 0) is 39.0 Å². The molecule has 3 aromatic carbocycles. The lowest BCUT2D eigenvalue weighted by molar-refractivity contribution is -0.137. The molecular formula is C37H47N5O4S. The number of benzene rings is 3. The van der Waals surface area contributed by atoms with Crippen molar-refractivity contribution in [2.75, 3.05) is 48.2 Å². The SMILES string of the molecule is CC(C)CN(c1ccccc1N1CCN(C(=O)[C@@H](Cc2ccc(C3CC3)cc2)NC(=O)[C@@H]2Cc3ccccc3CN2)CC1)S(C)(=O)=O. The number of hydrogen-bond donors (Lipinski definition) is 2. The van der Waals surface area contributed by atoms with Gasteiger partial charge in [-0.05, 0) is 65.5 Å². The van der Waals surface area contributed by atoms with Crippen LogP contribution < -0.4 is 19.8 Å². The first kappa shape index (κ1) is 33.0. The van der Waals surface area contributed by atoms with Crippen LogP contribution in [0.2, 0.25) is 0 Å². The van der Waals surface area contributed by atoms with Gasteiger partial charge in [0.1, 0.15) is 6.04 Å². The Kier molecular flexibility index (Phi) is 9.89. The standard InChI is InChI=1S/C37H47N5O4S/c1-26(2)25-42(47(3,45)46)35-11-7-6-10-34(35)40-18-20-41(21-19-40)37(44)33(22-27-12-14-28(15-13-27)29-16-17-29)39-36(43)32-23-30-8-4-5-9-31(30)24-38-32/h4-15,26,29,32-33,38H,16-25H2,1-3H3,(H,39,43)/t32-,33+/m0/s1. The van der Waals surface area contributed by atoms with Crippen LogP contribution in [0, 0.1) is 5.92 Å². The van der Waals surface area contributed by atoms with Crippen LogP contribution in [0.1, 0.15) is 54.9 Å². The highest BCUT2D eigenvalue weighted by Gasteiger charge is 2.33. The summed E-state index contributed by atoms with van der Waals surface area (Å²) in [7, 11) is -3.48. The van der Waals surface area contributed by atoms with Gasteiger partial charge >= 0.3 is 0 Å². The van der Waals surface area contributed by atoms with Gasteiger partial charge in [0.15, 0.2) is 0 Å². The van der Waals surface area contributed by atoms with Crippen molar-refractivity contribution in [2.24, 2.45) is 5.92 Å². The van der Waals surface area contributed by atoms with Crippen molar-refractivity contribution in [2.45, 2.75) is 64.1 Å². The molecule has 0 radical (unpaired) electrons. The molecule has 2 amide bonds. The topological polar surface area (TPSA) is 102 Å². The van der Waals surface area contributed by atoms with E-state index in [2.05, 4.69) is 51.9 Å². The first-order valence-electron chi connectivity index (χ1n) is 16.9. The quantitative estimate of drug-likeness (QED) is 0.323. The molecule has 2 fully saturated rings. The Morgan fingerprint density at radius 3 is 2.23 bits per heavy atom. The molecule has 2 atom stereocenters. The fraction of sp³-hybridized carbons (Fsp3) is 0.459. The number of hydrogen-bond acceptors (Lipinski definition) is 6. The van der Waals surface area contributed by atoms with Gasteiger partial charge in [-0.15, -0.1) is 0 Å². The van der Waals surface area contributed by atoms with Crippen LogP contribution in [0.15, 0.2) is 72.8 Å². The molecule has 0 aromatic heterocycles. The molecule has 9 nitrogen and oxygen atoms in total. The molecule has 6 rings (SSSR count). The molecule has 1 aliphatic carbocycles. The van der Waals surface area contributed by atoms with E-state index in [1.165, 1.54) is 34.5 Å². The molecule has 3 aromatic rings. The van der Waals surface area contributed by atoms with Gasteiger partial charge in [-0.1, -0.05) is 74.5 Å². The van der Waals surface area contributed by atoms with Gasteiger partial charge in [0.25, 0.3) is 0 Å². The molecule has 47 heavy (non-hydrogen) atoms. The highest BCUT2D eigenvalue weighted by Crippen LogP contribution is 2.40. The van der Waals surface area contributed by atoms with Gasteiger partial charge < -0.3 is 20.4 Å². The van der Waals surface area contributed by atoms with Gasteiger partial charge in [-0.25, -0.2) is 8.42 Å². The third kappa shape index (κ3) is 7.99. The van der Waals surface area contributed by atoms with Crippen LogP contribution in [-0.4, -0.2) is 76.2 Å². The maximum absolute atomic E-state index is 14.2. The van der Waals surface area contributed by atoms with Crippen molar-refractivity contribution in [3.05, 3.63) is 95.1 Å². The van der Waals surface area contributed by atoms with Crippen molar-refractivity contribution < 1.29 is 18.0 Å². The number of carbonyl (C=O) groups excluding carboxylic acids is 2. The van der Waals surface area contributed by atoms with Crippen molar-refractivity contribution in [3.8, 4) is 0 Å². The molecule has 1 saturated carbocycles. The van der Waals surface area contributed by atoms with E-state index in [4.69, 9.17) is 0 Å². The Hall–Kier alpha value is -3.89. The Labute approximate surface area is 279 Å². The summed E-state index contributed by atoms with van der Waals surface area (Å²) in [5.74, 6) is 0.554. The minimum absolute atomic E-state index is 0.0914. The van der Waals surface area contributed by atoms with Crippen molar-refractivity contribution in [3.63, 3.8) is 0 Å². The monoisotopic (exact) mass is 657 g/mol. The first-order valence-corrected chi connectivity index (χ1v) is 18.7. The molecule has 2 aliphatic heterocycles. The molecule has 3 aliphatic rings. The zero-order valence-electron chi connectivity index (χ0n) is 27.7. The largest absolute Gasteiger partial charge is 0.366 e. The minimum Gasteiger partial charge on any atom is -0.366 e. The van der Waals surface area contributed by atoms with E-state index in [0.29, 0.717) is 63.7 Å². The average Bonchev–Trinajstić information content (AvgIpc) is 3.92. The summed E-state index contributed by atoms with van der Waals surface area (Å²) < 4.78 is 27.1. The highest BCUT2D eigenvalue weighted by atomic mass is 32.2. The third-order valence-electron chi connectivity index (χ3n) is 9.49. The number of piperazine rings is 1. The summed E-state index contributed by atoms with van der Waals surface area (Å²) in [6, 6.07) is 23.1. The summed E-state index contributed by atoms with van der Waals surface area (Å²) in [5, 5.41) is 6.49. The lowest BCUT2D eigenvalue weighted by atomic mass is 9.95. The second-order valence-corrected chi connectivity index (χ2v) is 15.6. The fourth-order valence-electron chi connectivity index (χ4n) is 6.76. The zero-order chi connectivity index (χ0) is 33.1. The molecule has 1 saturated heterocycles. The van der Waals surface area contributed by atoms with Crippen molar-refractivity contribution in [1.82, 2.24) is 15.5 Å². The van der Waals surface area contributed by atoms with Crippen LogP contribution in [0.3, 0.4) is 0 Å². The van der Waals surface area contributed by atoms with Gasteiger partial charge in [0.05, 0.1) is 23.7 Å². The van der Waals surface area contributed by atoms with E-state index >= 15 is 0 Å². The summed E-state index contributed by atoms with van der Waals surface area (Å²) in [6.45, 7) is 7.07. The van der Waals surface area contributed by atoms with E-state index in [1.54, 1.807) is 0 Å². The predicted octanol–water partition coefficient (Wildman–Crippen LogP) is 4.08. The lowest BCUT2D eigenvalue weighted by Gasteiger charge is -2.39. The molecular weight excluding hydrogens is 611 g/mol. The first-order chi connectivity index (χ1) is 22.6. The van der Waals surface area contributed by atoms with Gasteiger partial charge in [-0.3, -0.25) is 13.9 Å². The van der Waals surface area contributed by atoms with E-state index in [0.717, 1.165) is 16.8 Å². The average molecular weight is 658 g/mol. The fourth-order valence-corrected chi connectivity index (χ4v) is 7.85. The molecule has 0 unspecified atom stereocenters. The highest BCUT2D eigenvalue weighted by molar-refractivity contribution is 7.92. The number of rotatable bonds is 11. The summed E-state index contributed by atoms with van der Waals surface area (Å²) in [4.78, 5) is 31.8. The van der Waals surface area contributed by atoms with E-state index in [-0.39, 0.29) is 17.7 Å². The number of anilines is 2. The number of amides is 2. The van der Waals surface area contributed by atoms with Crippen molar-refractivity contribution in [1.29, 1.82) is 0 Å². The predicted molar refractivity (Wildman–Crippen MR) is 187 cm³/mol. The zero-order valence-corrected chi connectivity index (χ0v) is 28.5. The number of carbonyl (C=O) groups is 2. The summed E-state index contributed by atoms with van der Waals surface area (Å²) in [6.07, 6.45) is 4.71. The molecule has 10 heteroatoms. The maximum atomic E-state index is 14.2. The Balaban J connectivity index is 1.17. The van der Waals surface area contributed by atoms with Gasteiger partial charge in [0, 0.05) is 45.7 Å². The number of nitrogens with one attached hydrogen (secondary N) is 2. The van der Waals surface area contributed by atoms with E-state index in [1.807, 2.05) is 55.1 Å². The summed E-state index contributed by atoms with van der Waals surface area (Å²) >= 11 is 0. The number of fused-ring (bicyclic) bond motifs is 1. The Morgan fingerprint density at radius 1 is 0.915 bits per heavy atom. The Bertz CT molecular complexity index is 1680. The normalized spacial score (nSPS) is 18.9. The van der Waals surface area contributed by atoms with E-state index in [9.17, 15) is 18.0 Å². The summed E-state index contributed by atoms with van der Waals surface area (Å²) in [5.41, 5.74) is 6.21.